The van der Waals surface area contributed by atoms with Gasteiger partial charge < -0.3 is 5.11 Å². The van der Waals surface area contributed by atoms with Crippen LogP contribution in [0.15, 0.2) is 24.3 Å². The third-order valence-electron chi connectivity index (χ3n) is 2.79. The normalized spacial score (nSPS) is 12.7. The largest absolute Gasteiger partial charge is 0.386 e. The molecule has 3 nitrogen and oxygen atoms in total. The van der Waals surface area contributed by atoms with Crippen LogP contribution in [0.5, 0.6) is 0 Å². The van der Waals surface area contributed by atoms with Crippen molar-refractivity contribution in [2.75, 3.05) is 0 Å². The maximum Gasteiger partial charge on any atom is 0.164 e. The average Bonchev–Trinajstić information content (AvgIpc) is 2.61. The lowest BCUT2D eigenvalue weighted by atomic mass is 10.1. The van der Waals surface area contributed by atoms with Crippen LogP contribution in [0.3, 0.4) is 0 Å². The van der Waals surface area contributed by atoms with E-state index in [4.69, 9.17) is 0 Å². The fourth-order valence-corrected chi connectivity index (χ4v) is 1.90. The Bertz CT molecular complexity index is 566. The summed E-state index contributed by atoms with van der Waals surface area (Å²) in [5.74, 6) is -1.97. The van der Waals surface area contributed by atoms with Crippen LogP contribution in [0, 0.1) is 25.5 Å². The van der Waals surface area contributed by atoms with Gasteiger partial charge in [-0.2, -0.15) is 5.10 Å². The summed E-state index contributed by atoms with van der Waals surface area (Å²) in [5.41, 5.74) is 1.63. The van der Waals surface area contributed by atoms with Crippen molar-refractivity contribution in [3.8, 4) is 0 Å². The van der Waals surface area contributed by atoms with Crippen LogP contribution >= 0.6 is 0 Å². The van der Waals surface area contributed by atoms with Gasteiger partial charge in [0, 0.05) is 11.3 Å². The minimum atomic E-state index is -1.13. The predicted molar refractivity (Wildman–Crippen MR) is 63.0 cm³/mol. The quantitative estimate of drug-likeness (QED) is 0.911. The zero-order chi connectivity index (χ0) is 13.3. The van der Waals surface area contributed by atoms with Crippen molar-refractivity contribution in [3.05, 3.63) is 52.9 Å². The van der Waals surface area contributed by atoms with E-state index in [1.54, 1.807) is 4.68 Å². The molecule has 0 saturated heterocycles. The van der Waals surface area contributed by atoms with E-state index in [9.17, 15) is 13.9 Å². The summed E-state index contributed by atoms with van der Waals surface area (Å²) in [6.07, 6.45) is -1.13. The molecule has 1 heterocycles. The predicted octanol–water partition coefficient (Wildman–Crippen LogP) is 2.51. The van der Waals surface area contributed by atoms with Gasteiger partial charge in [-0.3, -0.25) is 4.68 Å². The fourth-order valence-electron chi connectivity index (χ4n) is 1.90. The molecule has 96 valence electrons. The highest BCUT2D eigenvalue weighted by molar-refractivity contribution is 5.21. The molecule has 0 aliphatic heterocycles. The molecule has 1 N–H and O–H groups in total. The van der Waals surface area contributed by atoms with E-state index in [-0.39, 0.29) is 12.1 Å². The van der Waals surface area contributed by atoms with Crippen molar-refractivity contribution in [2.24, 2.45) is 0 Å². The van der Waals surface area contributed by atoms with Gasteiger partial charge in [0.25, 0.3) is 0 Å². The standard InChI is InChI=1S/C13H14F2N2O/c1-8-6-9(2)17(16-8)7-12(18)10-4-3-5-11(14)13(10)15/h3-6,12,18H,7H2,1-2H3. The van der Waals surface area contributed by atoms with Crippen LogP contribution in [-0.2, 0) is 6.54 Å². The number of rotatable bonds is 3. The molecular formula is C13H14F2N2O. The molecule has 1 aromatic carbocycles. The SMILES string of the molecule is Cc1cc(C)n(CC(O)c2cccc(F)c2F)n1. The highest BCUT2D eigenvalue weighted by Gasteiger charge is 2.17. The molecule has 2 aromatic rings. The lowest BCUT2D eigenvalue weighted by Gasteiger charge is -2.13. The van der Waals surface area contributed by atoms with Crippen molar-refractivity contribution >= 4 is 0 Å². The second-order valence-corrected chi connectivity index (χ2v) is 4.27. The molecule has 0 saturated carbocycles. The van der Waals surface area contributed by atoms with Gasteiger partial charge in [-0.1, -0.05) is 12.1 Å². The van der Waals surface area contributed by atoms with Crippen molar-refractivity contribution in [1.29, 1.82) is 0 Å². The number of aliphatic hydroxyl groups excluding tert-OH is 1. The average molecular weight is 252 g/mol. The number of aromatic nitrogens is 2. The number of aryl methyl sites for hydroxylation is 2. The Morgan fingerprint density at radius 1 is 1.33 bits per heavy atom. The van der Waals surface area contributed by atoms with E-state index in [0.29, 0.717) is 0 Å². The van der Waals surface area contributed by atoms with Crippen molar-refractivity contribution in [2.45, 2.75) is 26.5 Å². The van der Waals surface area contributed by atoms with E-state index in [1.807, 2.05) is 19.9 Å². The molecule has 0 aliphatic carbocycles. The molecular weight excluding hydrogens is 238 g/mol. The summed E-state index contributed by atoms with van der Waals surface area (Å²) in [5, 5.41) is 14.1. The van der Waals surface area contributed by atoms with E-state index >= 15 is 0 Å². The Balaban J connectivity index is 2.24. The second kappa shape index (κ2) is 4.86. The smallest absolute Gasteiger partial charge is 0.164 e. The topological polar surface area (TPSA) is 38.0 Å². The minimum absolute atomic E-state index is 0.0532. The maximum atomic E-state index is 13.5. The summed E-state index contributed by atoms with van der Waals surface area (Å²) in [6.45, 7) is 3.77. The van der Waals surface area contributed by atoms with Crippen LogP contribution in [0.2, 0.25) is 0 Å². The molecule has 0 amide bonds. The van der Waals surface area contributed by atoms with Gasteiger partial charge in [0.1, 0.15) is 6.10 Å². The van der Waals surface area contributed by atoms with Gasteiger partial charge in [0.05, 0.1) is 12.2 Å². The summed E-state index contributed by atoms with van der Waals surface area (Å²) in [6, 6.07) is 5.62. The zero-order valence-electron chi connectivity index (χ0n) is 10.2. The first-order valence-corrected chi connectivity index (χ1v) is 5.62. The van der Waals surface area contributed by atoms with Gasteiger partial charge in [0.15, 0.2) is 11.6 Å². The van der Waals surface area contributed by atoms with Crippen LogP contribution in [0.4, 0.5) is 8.78 Å². The van der Waals surface area contributed by atoms with Gasteiger partial charge in [-0.25, -0.2) is 8.78 Å². The Labute approximate surface area is 104 Å². The molecule has 1 unspecified atom stereocenters. The summed E-state index contributed by atoms with van der Waals surface area (Å²) >= 11 is 0. The molecule has 1 aromatic heterocycles. The zero-order valence-corrected chi connectivity index (χ0v) is 10.2. The molecule has 0 aliphatic rings. The van der Waals surface area contributed by atoms with Crippen LogP contribution in [0.25, 0.3) is 0 Å². The molecule has 1 atom stereocenters. The third kappa shape index (κ3) is 2.41. The van der Waals surface area contributed by atoms with Gasteiger partial charge in [-0.05, 0) is 26.0 Å². The molecule has 18 heavy (non-hydrogen) atoms. The summed E-state index contributed by atoms with van der Waals surface area (Å²) in [7, 11) is 0. The maximum absolute atomic E-state index is 13.5. The number of benzene rings is 1. The number of halogens is 2. The number of hydrogen-bond donors (Lipinski definition) is 1. The number of hydrogen-bond acceptors (Lipinski definition) is 2. The summed E-state index contributed by atoms with van der Waals surface area (Å²) < 4.78 is 28.1. The van der Waals surface area contributed by atoms with Gasteiger partial charge >= 0.3 is 0 Å². The Hall–Kier alpha value is -1.75. The molecule has 5 heteroatoms. The van der Waals surface area contributed by atoms with Crippen molar-refractivity contribution in [3.63, 3.8) is 0 Å². The van der Waals surface area contributed by atoms with Crippen LogP contribution < -0.4 is 0 Å². The first-order valence-electron chi connectivity index (χ1n) is 5.62. The number of aliphatic hydroxyl groups is 1. The van der Waals surface area contributed by atoms with Gasteiger partial charge in [-0.15, -0.1) is 0 Å². The fraction of sp³-hybridized carbons (Fsp3) is 0.308. The Morgan fingerprint density at radius 2 is 2.06 bits per heavy atom. The van der Waals surface area contributed by atoms with E-state index in [0.717, 1.165) is 17.5 Å². The molecule has 0 fully saturated rings. The van der Waals surface area contributed by atoms with Crippen LogP contribution in [-0.4, -0.2) is 14.9 Å². The highest BCUT2D eigenvalue weighted by atomic mass is 19.2. The summed E-state index contributed by atoms with van der Waals surface area (Å²) in [4.78, 5) is 0. The van der Waals surface area contributed by atoms with Crippen molar-refractivity contribution in [1.82, 2.24) is 9.78 Å². The minimum Gasteiger partial charge on any atom is -0.386 e. The van der Waals surface area contributed by atoms with E-state index in [2.05, 4.69) is 5.10 Å². The Kier molecular flexibility index (Phi) is 3.43. The van der Waals surface area contributed by atoms with E-state index in [1.165, 1.54) is 12.1 Å². The monoisotopic (exact) mass is 252 g/mol. The highest BCUT2D eigenvalue weighted by Crippen LogP contribution is 2.21. The third-order valence-corrected chi connectivity index (χ3v) is 2.79. The van der Waals surface area contributed by atoms with E-state index < -0.39 is 17.7 Å². The first kappa shape index (κ1) is 12.7. The number of nitrogens with zero attached hydrogens (tertiary/aromatic N) is 2. The Morgan fingerprint density at radius 3 is 2.67 bits per heavy atom. The molecule has 0 spiro atoms. The molecule has 0 bridgehead atoms. The van der Waals surface area contributed by atoms with Crippen molar-refractivity contribution < 1.29 is 13.9 Å². The molecule has 2 rings (SSSR count). The molecule has 0 radical (unpaired) electrons. The second-order valence-electron chi connectivity index (χ2n) is 4.27. The lowest BCUT2D eigenvalue weighted by molar-refractivity contribution is 0.145. The lowest BCUT2D eigenvalue weighted by Crippen LogP contribution is -2.13. The first-order chi connectivity index (χ1) is 8.49. The van der Waals surface area contributed by atoms with Crippen LogP contribution in [0.1, 0.15) is 23.1 Å². The van der Waals surface area contributed by atoms with Gasteiger partial charge in [0.2, 0.25) is 0 Å².